The minimum Gasteiger partial charge on any atom is -0.304 e. The van der Waals surface area contributed by atoms with Gasteiger partial charge in [-0.05, 0) is 38.2 Å². The Balaban J connectivity index is 1.61. The van der Waals surface area contributed by atoms with Crippen LogP contribution in [0, 0.1) is 12.7 Å². The Bertz CT molecular complexity index is 1280. The van der Waals surface area contributed by atoms with Crippen LogP contribution in [0.3, 0.4) is 0 Å². The summed E-state index contributed by atoms with van der Waals surface area (Å²) < 4.78 is 42.6. The number of pyridine rings is 1. The van der Waals surface area contributed by atoms with Crippen LogP contribution in [0.5, 0.6) is 0 Å². The topological polar surface area (TPSA) is 91.3 Å². The van der Waals surface area contributed by atoms with Gasteiger partial charge in [-0.2, -0.15) is 4.31 Å². The Labute approximate surface area is 190 Å². The highest BCUT2D eigenvalue weighted by Crippen LogP contribution is 2.23. The Kier molecular flexibility index (Phi) is 6.22. The minimum atomic E-state index is -3.66. The molecule has 3 heterocycles. The summed E-state index contributed by atoms with van der Waals surface area (Å²) in [4.78, 5) is 19.3. The van der Waals surface area contributed by atoms with Gasteiger partial charge in [-0.25, -0.2) is 22.5 Å². The predicted octanol–water partition coefficient (Wildman–Crippen LogP) is 2.19. The summed E-state index contributed by atoms with van der Waals surface area (Å²) >= 11 is 6.11. The van der Waals surface area contributed by atoms with E-state index in [-0.39, 0.29) is 27.7 Å². The number of hydrogen-bond donors (Lipinski definition) is 1. The Morgan fingerprint density at radius 3 is 2.47 bits per heavy atom. The number of H-pyrrole nitrogens is 1. The number of rotatable bonds is 5. The molecule has 8 nitrogen and oxygen atoms in total. The highest BCUT2D eigenvalue weighted by Gasteiger charge is 2.28. The first-order valence-electron chi connectivity index (χ1n) is 10.1. The fraction of sp³-hybridized carbons (Fsp3) is 0.333. The van der Waals surface area contributed by atoms with Crippen molar-refractivity contribution in [3.05, 3.63) is 74.5 Å². The average molecular weight is 480 g/mol. The molecule has 32 heavy (non-hydrogen) atoms. The first-order valence-corrected chi connectivity index (χ1v) is 11.9. The molecule has 1 saturated heterocycles. The van der Waals surface area contributed by atoms with Crippen LogP contribution in [0.25, 0.3) is 5.82 Å². The zero-order chi connectivity index (χ0) is 23.0. The Morgan fingerprint density at radius 2 is 1.84 bits per heavy atom. The lowest BCUT2D eigenvalue weighted by molar-refractivity contribution is 0.222. The van der Waals surface area contributed by atoms with Gasteiger partial charge in [-0.15, -0.1) is 0 Å². The van der Waals surface area contributed by atoms with Crippen molar-refractivity contribution >= 4 is 21.6 Å². The molecule has 11 heteroatoms. The number of nitrogens with zero attached hydrogens (tertiary/aromatic N) is 4. The normalized spacial score (nSPS) is 15.9. The van der Waals surface area contributed by atoms with Gasteiger partial charge in [0.15, 0.2) is 5.82 Å². The SMILES string of the molecule is Cc1[nH]n(-c2ccc(S(=O)(=O)N3CCN(C)CC3)cn2)c(=O)c1Cc1c(F)cccc1Cl. The van der Waals surface area contributed by atoms with E-state index >= 15 is 0 Å². The van der Waals surface area contributed by atoms with Gasteiger partial charge in [-0.3, -0.25) is 9.89 Å². The maximum absolute atomic E-state index is 14.2. The van der Waals surface area contributed by atoms with Crippen molar-refractivity contribution in [2.24, 2.45) is 0 Å². The van der Waals surface area contributed by atoms with Crippen molar-refractivity contribution < 1.29 is 12.8 Å². The largest absolute Gasteiger partial charge is 0.304 e. The average Bonchev–Trinajstić information content (AvgIpc) is 3.05. The molecule has 1 N–H and O–H groups in total. The summed E-state index contributed by atoms with van der Waals surface area (Å²) in [7, 11) is -1.71. The van der Waals surface area contributed by atoms with Crippen LogP contribution in [0.15, 0.2) is 46.2 Å². The molecular formula is C21H23ClFN5O3S. The first-order chi connectivity index (χ1) is 15.2. The van der Waals surface area contributed by atoms with Gasteiger partial charge < -0.3 is 4.90 Å². The lowest BCUT2D eigenvalue weighted by atomic mass is 10.1. The van der Waals surface area contributed by atoms with Gasteiger partial charge in [-0.1, -0.05) is 17.7 Å². The second kappa shape index (κ2) is 8.78. The first kappa shape index (κ1) is 22.7. The molecule has 0 spiro atoms. The molecule has 0 bridgehead atoms. The van der Waals surface area contributed by atoms with Gasteiger partial charge in [0.25, 0.3) is 5.56 Å². The molecule has 0 atom stereocenters. The summed E-state index contributed by atoms with van der Waals surface area (Å²) in [6.07, 6.45) is 1.27. The summed E-state index contributed by atoms with van der Waals surface area (Å²) in [5.74, 6) is -0.248. The van der Waals surface area contributed by atoms with E-state index in [9.17, 15) is 17.6 Å². The standard InChI is InChI=1S/C21H23ClFN5O3S/c1-14-16(12-17-18(22)4-3-5-19(17)23)21(29)28(25-14)20-7-6-15(13-24-20)32(30,31)27-10-8-26(2)9-11-27/h3-7,13,25H,8-12H2,1-2H3. The zero-order valence-corrected chi connectivity index (χ0v) is 19.2. The number of likely N-dealkylation sites (N-methyl/N-ethyl adjacent to an activating group) is 1. The quantitative estimate of drug-likeness (QED) is 0.605. The smallest absolute Gasteiger partial charge is 0.276 e. The van der Waals surface area contributed by atoms with E-state index in [2.05, 4.69) is 15.0 Å². The number of aromatic amines is 1. The summed E-state index contributed by atoms with van der Waals surface area (Å²) in [5, 5.41) is 3.17. The van der Waals surface area contributed by atoms with Crippen LogP contribution in [0.4, 0.5) is 4.39 Å². The third kappa shape index (κ3) is 4.23. The maximum Gasteiger partial charge on any atom is 0.276 e. The lowest BCUT2D eigenvalue weighted by Gasteiger charge is -2.31. The number of hydrogen-bond acceptors (Lipinski definition) is 5. The molecular weight excluding hydrogens is 457 g/mol. The molecule has 1 fully saturated rings. The van der Waals surface area contributed by atoms with Crippen LogP contribution in [-0.2, 0) is 16.4 Å². The molecule has 4 rings (SSSR count). The molecule has 0 saturated carbocycles. The summed E-state index contributed by atoms with van der Waals surface area (Å²) in [5.41, 5.74) is 0.740. The van der Waals surface area contributed by atoms with Gasteiger partial charge in [0, 0.05) is 60.6 Å². The highest BCUT2D eigenvalue weighted by molar-refractivity contribution is 7.89. The molecule has 1 aliphatic rings. The van der Waals surface area contributed by atoms with Gasteiger partial charge in [0.1, 0.15) is 10.7 Å². The molecule has 0 amide bonds. The number of sulfonamides is 1. The van der Waals surface area contributed by atoms with Crippen molar-refractivity contribution in [1.82, 2.24) is 24.0 Å². The molecule has 0 aliphatic carbocycles. The number of aryl methyl sites for hydroxylation is 1. The molecule has 0 radical (unpaired) electrons. The van der Waals surface area contributed by atoms with Crippen LogP contribution < -0.4 is 5.56 Å². The molecule has 2 aromatic heterocycles. The fourth-order valence-corrected chi connectivity index (χ4v) is 5.26. The zero-order valence-electron chi connectivity index (χ0n) is 17.7. The van der Waals surface area contributed by atoms with E-state index in [0.29, 0.717) is 37.4 Å². The molecule has 170 valence electrons. The van der Waals surface area contributed by atoms with Crippen LogP contribution >= 0.6 is 11.6 Å². The van der Waals surface area contributed by atoms with E-state index in [4.69, 9.17) is 11.6 Å². The van der Waals surface area contributed by atoms with Crippen LogP contribution in [-0.4, -0.2) is 65.6 Å². The van der Waals surface area contributed by atoms with Crippen molar-refractivity contribution in [3.8, 4) is 5.82 Å². The second-order valence-electron chi connectivity index (χ2n) is 7.79. The third-order valence-corrected chi connectivity index (χ3v) is 7.89. The monoisotopic (exact) mass is 479 g/mol. The highest BCUT2D eigenvalue weighted by atomic mass is 35.5. The van der Waals surface area contributed by atoms with Crippen molar-refractivity contribution in [2.45, 2.75) is 18.2 Å². The summed E-state index contributed by atoms with van der Waals surface area (Å²) in [6, 6.07) is 7.28. The number of benzene rings is 1. The van der Waals surface area contributed by atoms with Gasteiger partial charge in [0.2, 0.25) is 10.0 Å². The van der Waals surface area contributed by atoms with Gasteiger partial charge >= 0.3 is 0 Å². The van der Waals surface area contributed by atoms with E-state index in [1.807, 2.05) is 7.05 Å². The van der Waals surface area contributed by atoms with Crippen LogP contribution in [0.1, 0.15) is 16.8 Å². The molecule has 1 aliphatic heterocycles. The van der Waals surface area contributed by atoms with Crippen molar-refractivity contribution in [1.29, 1.82) is 0 Å². The predicted molar refractivity (Wildman–Crippen MR) is 119 cm³/mol. The van der Waals surface area contributed by atoms with E-state index < -0.39 is 21.4 Å². The van der Waals surface area contributed by atoms with E-state index in [1.54, 1.807) is 13.0 Å². The minimum absolute atomic E-state index is 0.0234. The number of aromatic nitrogens is 3. The van der Waals surface area contributed by atoms with Crippen molar-refractivity contribution in [3.63, 3.8) is 0 Å². The van der Waals surface area contributed by atoms with Crippen LogP contribution in [0.2, 0.25) is 5.02 Å². The lowest BCUT2D eigenvalue weighted by Crippen LogP contribution is -2.47. The van der Waals surface area contributed by atoms with Crippen molar-refractivity contribution in [2.75, 3.05) is 33.2 Å². The molecule has 0 unspecified atom stereocenters. The number of nitrogens with one attached hydrogen (secondary N) is 1. The third-order valence-electron chi connectivity index (χ3n) is 5.66. The van der Waals surface area contributed by atoms with E-state index in [0.717, 1.165) is 0 Å². The molecule has 1 aromatic carbocycles. The Hall–Kier alpha value is -2.53. The fourth-order valence-electron chi connectivity index (χ4n) is 3.66. The summed E-state index contributed by atoms with van der Waals surface area (Å²) in [6.45, 7) is 3.86. The number of piperazine rings is 1. The van der Waals surface area contributed by atoms with Gasteiger partial charge in [0.05, 0.1) is 0 Å². The maximum atomic E-state index is 14.2. The van der Waals surface area contributed by atoms with E-state index in [1.165, 1.54) is 39.4 Å². The number of halogens is 2. The molecule has 3 aromatic rings. The Morgan fingerprint density at radius 1 is 1.12 bits per heavy atom. The second-order valence-corrected chi connectivity index (χ2v) is 10.1.